The summed E-state index contributed by atoms with van der Waals surface area (Å²) in [6.45, 7) is 2.26. The number of nitrogens with one attached hydrogen (secondary N) is 2. The molecule has 0 radical (unpaired) electrons. The van der Waals surface area contributed by atoms with Gasteiger partial charge >= 0.3 is 0 Å². The first kappa shape index (κ1) is 29.2. The Morgan fingerprint density at radius 3 is 2.00 bits per heavy atom. The summed E-state index contributed by atoms with van der Waals surface area (Å²) in [7, 11) is 0. The molecule has 202 valence electrons. The average molecular weight is 545 g/mol. The molecule has 1 aromatic heterocycles. The summed E-state index contributed by atoms with van der Waals surface area (Å²) in [5, 5.41) is 15.5. The second kappa shape index (κ2) is 14.0. The normalized spacial score (nSPS) is 12.2. The molecule has 1 heterocycles. The summed E-state index contributed by atoms with van der Waals surface area (Å²) in [6, 6.07) is 28.6. The predicted octanol–water partition coefficient (Wildman–Crippen LogP) is 4.92. The molecule has 0 bridgehead atoms. The van der Waals surface area contributed by atoms with Crippen LogP contribution in [0, 0.1) is 0 Å². The predicted molar refractivity (Wildman–Crippen MR) is 156 cm³/mol. The molecule has 0 saturated carbocycles. The molecule has 0 spiro atoms. The molecule has 2 amide bonds. The van der Waals surface area contributed by atoms with Crippen molar-refractivity contribution in [2.45, 2.75) is 37.8 Å². The highest BCUT2D eigenvalue weighted by atomic mass is 35.5. The highest BCUT2D eigenvalue weighted by Crippen LogP contribution is 2.26. The maximum absolute atomic E-state index is 13.8. The number of pyridine rings is 1. The number of carbonyl (C=O) groups excluding carboxylic acids is 2. The molecule has 2 atom stereocenters. The van der Waals surface area contributed by atoms with Gasteiger partial charge in [0.05, 0.1) is 5.92 Å². The number of aromatic nitrogens is 1. The Morgan fingerprint density at radius 2 is 1.44 bits per heavy atom. The molecule has 0 fully saturated rings. The van der Waals surface area contributed by atoms with E-state index in [0.717, 1.165) is 22.3 Å². The first-order valence-corrected chi connectivity index (χ1v) is 12.6. The number of hydrogen-bond acceptors (Lipinski definition) is 5. The van der Waals surface area contributed by atoms with Gasteiger partial charge in [-0.3, -0.25) is 9.59 Å². The van der Waals surface area contributed by atoms with E-state index in [0.29, 0.717) is 12.2 Å². The Hall–Kier alpha value is -4.36. The first-order chi connectivity index (χ1) is 18.4. The lowest BCUT2D eigenvalue weighted by Crippen LogP contribution is -2.48. The maximum Gasteiger partial charge on any atom is 0.242 e. The molecule has 4 aromatic rings. The van der Waals surface area contributed by atoms with Crippen molar-refractivity contribution in [3.63, 3.8) is 0 Å². The van der Waals surface area contributed by atoms with Gasteiger partial charge in [-0.2, -0.15) is 0 Å². The smallest absolute Gasteiger partial charge is 0.242 e. The Bertz CT molecular complexity index is 1310. The van der Waals surface area contributed by atoms with Gasteiger partial charge in [0.15, 0.2) is 0 Å². The van der Waals surface area contributed by atoms with Crippen LogP contribution in [0.1, 0.15) is 47.4 Å². The summed E-state index contributed by atoms with van der Waals surface area (Å²) in [6.07, 6.45) is 2.01. The molecule has 3 aromatic carbocycles. The monoisotopic (exact) mass is 544 g/mol. The molecular weight excluding hydrogens is 512 g/mol. The van der Waals surface area contributed by atoms with Crippen molar-refractivity contribution in [3.8, 4) is 5.75 Å². The fourth-order valence-corrected chi connectivity index (χ4v) is 4.46. The fraction of sp³-hybridized carbons (Fsp3) is 0.194. The van der Waals surface area contributed by atoms with E-state index in [1.807, 2.05) is 73.7 Å². The van der Waals surface area contributed by atoms with Gasteiger partial charge in [-0.05, 0) is 58.9 Å². The standard InChI is InChI=1S/C31H32N4O3.ClH/c1-21(25-16-17-33-28(32)19-25)18-27(30(37)34-20-22-12-14-26(36)15-13-22)35-31(38)29(23-8-4-2-5-9-23)24-10-6-3-7-11-24;/h2-17,19,21,27,29,36H,18,20H2,1H3,(H2,32,33)(H,34,37)(H,35,38);1H. The highest BCUT2D eigenvalue weighted by molar-refractivity contribution is 5.92. The van der Waals surface area contributed by atoms with Gasteiger partial charge < -0.3 is 21.5 Å². The SMILES string of the molecule is CC(CC(NC(=O)C(c1ccccc1)c1ccccc1)C(=O)NCc1ccc(O)cc1)c1ccnc(N)c1.Cl. The Labute approximate surface area is 234 Å². The van der Waals surface area contributed by atoms with Crippen LogP contribution in [-0.2, 0) is 16.1 Å². The molecule has 0 aliphatic rings. The lowest BCUT2D eigenvalue weighted by Gasteiger charge is -2.25. The van der Waals surface area contributed by atoms with Gasteiger partial charge in [-0.1, -0.05) is 79.7 Å². The Morgan fingerprint density at radius 1 is 0.846 bits per heavy atom. The van der Waals surface area contributed by atoms with E-state index in [1.54, 1.807) is 36.5 Å². The molecule has 0 aliphatic carbocycles. The summed E-state index contributed by atoms with van der Waals surface area (Å²) in [5.74, 6) is -0.633. The fourth-order valence-electron chi connectivity index (χ4n) is 4.46. The average Bonchev–Trinajstić information content (AvgIpc) is 2.93. The molecule has 39 heavy (non-hydrogen) atoms. The topological polar surface area (TPSA) is 117 Å². The van der Waals surface area contributed by atoms with E-state index < -0.39 is 12.0 Å². The van der Waals surface area contributed by atoms with Crippen molar-refractivity contribution in [2.75, 3.05) is 5.73 Å². The number of carbonyl (C=O) groups is 2. The van der Waals surface area contributed by atoms with Crippen LogP contribution in [0.25, 0.3) is 0 Å². The summed E-state index contributed by atoms with van der Waals surface area (Å²) >= 11 is 0. The molecule has 4 rings (SSSR count). The third kappa shape index (κ3) is 8.06. The molecular formula is C31H33ClN4O3. The summed E-state index contributed by atoms with van der Waals surface area (Å²) in [4.78, 5) is 31.3. The van der Waals surface area contributed by atoms with E-state index in [-0.39, 0.29) is 42.4 Å². The summed E-state index contributed by atoms with van der Waals surface area (Å²) < 4.78 is 0. The number of benzene rings is 3. The number of phenolic OH excluding ortho intramolecular Hbond substituents is 1. The van der Waals surface area contributed by atoms with Crippen LogP contribution in [0.3, 0.4) is 0 Å². The van der Waals surface area contributed by atoms with Crippen molar-refractivity contribution < 1.29 is 14.7 Å². The van der Waals surface area contributed by atoms with Crippen LogP contribution in [-0.4, -0.2) is 27.9 Å². The minimum Gasteiger partial charge on any atom is -0.508 e. The van der Waals surface area contributed by atoms with Gasteiger partial charge in [-0.25, -0.2) is 4.98 Å². The first-order valence-electron chi connectivity index (χ1n) is 12.6. The van der Waals surface area contributed by atoms with Crippen molar-refractivity contribution in [1.29, 1.82) is 0 Å². The van der Waals surface area contributed by atoms with Crippen LogP contribution >= 0.6 is 12.4 Å². The van der Waals surface area contributed by atoms with E-state index in [4.69, 9.17) is 5.73 Å². The number of hydrogen-bond donors (Lipinski definition) is 4. The van der Waals surface area contributed by atoms with Crippen LogP contribution in [0.5, 0.6) is 5.75 Å². The number of nitrogen functional groups attached to an aromatic ring is 1. The van der Waals surface area contributed by atoms with Crippen LogP contribution < -0.4 is 16.4 Å². The van der Waals surface area contributed by atoms with Crippen molar-refractivity contribution in [3.05, 3.63) is 126 Å². The van der Waals surface area contributed by atoms with E-state index in [2.05, 4.69) is 15.6 Å². The Kier molecular flexibility index (Phi) is 10.5. The van der Waals surface area contributed by atoms with Crippen LogP contribution in [0.15, 0.2) is 103 Å². The number of aromatic hydroxyl groups is 1. The minimum absolute atomic E-state index is 0. The second-order valence-corrected chi connectivity index (χ2v) is 9.35. The highest BCUT2D eigenvalue weighted by Gasteiger charge is 2.29. The zero-order chi connectivity index (χ0) is 26.9. The van der Waals surface area contributed by atoms with Gasteiger partial charge in [0, 0.05) is 12.7 Å². The van der Waals surface area contributed by atoms with Crippen molar-refractivity contribution in [1.82, 2.24) is 15.6 Å². The van der Waals surface area contributed by atoms with E-state index >= 15 is 0 Å². The lowest BCUT2D eigenvalue weighted by atomic mass is 9.89. The maximum atomic E-state index is 13.8. The zero-order valence-electron chi connectivity index (χ0n) is 21.7. The molecule has 7 nitrogen and oxygen atoms in total. The zero-order valence-corrected chi connectivity index (χ0v) is 22.5. The van der Waals surface area contributed by atoms with Crippen LogP contribution in [0.4, 0.5) is 5.82 Å². The molecule has 8 heteroatoms. The number of phenols is 1. The van der Waals surface area contributed by atoms with E-state index in [1.165, 1.54) is 0 Å². The Balaban J connectivity index is 0.00000420. The van der Waals surface area contributed by atoms with Crippen molar-refractivity contribution >= 4 is 30.0 Å². The largest absolute Gasteiger partial charge is 0.508 e. The third-order valence-electron chi connectivity index (χ3n) is 6.53. The molecule has 5 N–H and O–H groups in total. The number of nitrogens with two attached hydrogens (primary N) is 1. The minimum atomic E-state index is -0.793. The van der Waals surface area contributed by atoms with Gasteiger partial charge in [0.25, 0.3) is 0 Å². The van der Waals surface area contributed by atoms with Gasteiger partial charge in [0.2, 0.25) is 11.8 Å². The second-order valence-electron chi connectivity index (χ2n) is 9.35. The lowest BCUT2D eigenvalue weighted by molar-refractivity contribution is -0.129. The quantitative estimate of drug-likeness (QED) is 0.226. The van der Waals surface area contributed by atoms with Crippen molar-refractivity contribution in [2.24, 2.45) is 0 Å². The number of anilines is 1. The molecule has 0 saturated heterocycles. The molecule has 0 aliphatic heterocycles. The number of halogens is 1. The summed E-state index contributed by atoms with van der Waals surface area (Å²) in [5.41, 5.74) is 9.34. The number of rotatable bonds is 10. The number of amides is 2. The van der Waals surface area contributed by atoms with Gasteiger partial charge in [0.1, 0.15) is 17.6 Å². The van der Waals surface area contributed by atoms with E-state index in [9.17, 15) is 14.7 Å². The third-order valence-corrected chi connectivity index (χ3v) is 6.53. The van der Waals surface area contributed by atoms with Gasteiger partial charge in [-0.15, -0.1) is 12.4 Å². The number of nitrogens with zero attached hydrogens (tertiary/aromatic N) is 1. The van der Waals surface area contributed by atoms with Crippen LogP contribution in [0.2, 0.25) is 0 Å². The molecule has 2 unspecified atom stereocenters.